The molecule has 1 N–H and O–H groups in total. The molecule has 0 radical (unpaired) electrons. The summed E-state index contributed by atoms with van der Waals surface area (Å²) >= 11 is 0. The van der Waals surface area contributed by atoms with Gasteiger partial charge in [-0.25, -0.2) is 0 Å². The highest BCUT2D eigenvalue weighted by Gasteiger charge is 1.73. The van der Waals surface area contributed by atoms with Crippen LogP contribution in [0.4, 0.5) is 0 Å². The van der Waals surface area contributed by atoms with E-state index in [1.54, 1.807) is 0 Å². The number of hydrogen-bond acceptors (Lipinski definition) is 1. The van der Waals surface area contributed by atoms with Crippen LogP contribution in [0.5, 0.6) is 0 Å². The van der Waals surface area contributed by atoms with Gasteiger partial charge in [0.05, 0.1) is 0 Å². The van der Waals surface area contributed by atoms with Crippen molar-refractivity contribution >= 4 is 0 Å². The average molecular weight is 137 g/mol. The number of nitrogens with one attached hydrogen (secondary N) is 1. The molecular formula is C9H15N. The summed E-state index contributed by atoms with van der Waals surface area (Å²) in [6, 6.07) is 0. The second-order valence-corrected chi connectivity index (χ2v) is 2.06. The fourth-order valence-electron chi connectivity index (χ4n) is 0.615. The molecule has 0 aromatic carbocycles. The van der Waals surface area contributed by atoms with Gasteiger partial charge in [0.1, 0.15) is 0 Å². The summed E-state index contributed by atoms with van der Waals surface area (Å²) in [4.78, 5) is 0. The zero-order valence-corrected chi connectivity index (χ0v) is 6.89. The minimum atomic E-state index is 1.26. The first kappa shape index (κ1) is 9.02. The van der Waals surface area contributed by atoms with Gasteiger partial charge in [0.2, 0.25) is 0 Å². The van der Waals surface area contributed by atoms with Crippen LogP contribution >= 0.6 is 0 Å². The van der Waals surface area contributed by atoms with Crippen LogP contribution in [0, 0.1) is 0 Å². The van der Waals surface area contributed by atoms with Crippen molar-refractivity contribution in [3.63, 3.8) is 0 Å². The minimum absolute atomic E-state index is 1.26. The van der Waals surface area contributed by atoms with Gasteiger partial charge < -0.3 is 5.32 Å². The second-order valence-electron chi connectivity index (χ2n) is 2.06. The highest BCUT2D eigenvalue weighted by Crippen LogP contribution is 1.93. The maximum Gasteiger partial charge on any atom is 0.00277 e. The molecule has 0 heterocycles. The van der Waals surface area contributed by atoms with Gasteiger partial charge >= 0.3 is 0 Å². The van der Waals surface area contributed by atoms with Gasteiger partial charge in [-0.2, -0.15) is 0 Å². The molecule has 0 aliphatic rings. The molecule has 0 aromatic rings. The number of allylic oxidation sites excluding steroid dienone is 5. The molecule has 0 unspecified atom stereocenters. The Labute approximate surface area is 63.1 Å². The number of rotatable bonds is 3. The van der Waals surface area contributed by atoms with Crippen molar-refractivity contribution in [2.45, 2.75) is 13.8 Å². The molecule has 0 spiro atoms. The molecule has 0 saturated carbocycles. The zero-order valence-electron chi connectivity index (χ0n) is 6.89. The van der Waals surface area contributed by atoms with Crippen LogP contribution in [-0.2, 0) is 0 Å². The van der Waals surface area contributed by atoms with E-state index in [0.29, 0.717) is 0 Å². The lowest BCUT2D eigenvalue weighted by molar-refractivity contribution is 1.10. The molecule has 0 amide bonds. The predicted molar refractivity (Wildman–Crippen MR) is 46.8 cm³/mol. The summed E-state index contributed by atoms with van der Waals surface area (Å²) in [6.07, 6.45) is 10.0. The van der Waals surface area contributed by atoms with Gasteiger partial charge in [-0.05, 0) is 26.1 Å². The van der Waals surface area contributed by atoms with Crippen LogP contribution in [0.1, 0.15) is 13.8 Å². The van der Waals surface area contributed by atoms with Crippen molar-refractivity contribution in [3.8, 4) is 0 Å². The van der Waals surface area contributed by atoms with Gasteiger partial charge in [0.15, 0.2) is 0 Å². The first-order chi connectivity index (χ1) is 4.81. The Kier molecular flexibility index (Phi) is 5.54. The van der Waals surface area contributed by atoms with Crippen LogP contribution in [0.3, 0.4) is 0 Å². The van der Waals surface area contributed by atoms with Crippen molar-refractivity contribution in [1.82, 2.24) is 5.32 Å². The average Bonchev–Trinajstić information content (AvgIpc) is 1.89. The maximum absolute atomic E-state index is 2.92. The fourth-order valence-corrected chi connectivity index (χ4v) is 0.615. The van der Waals surface area contributed by atoms with E-state index in [2.05, 4.69) is 24.4 Å². The zero-order chi connectivity index (χ0) is 7.82. The quantitative estimate of drug-likeness (QED) is 0.588. The molecule has 0 aliphatic carbocycles. The summed E-state index contributed by atoms with van der Waals surface area (Å²) in [5.74, 6) is 0. The molecule has 0 saturated heterocycles. The standard InChI is InChI=1S/C9H15N/c1-4-6-9(2)7-5-8-10-3/h4-8,10H,1-3H3/b6-4-,8-5-,9-7-. The Balaban J connectivity index is 3.79. The first-order valence-corrected chi connectivity index (χ1v) is 3.44. The summed E-state index contributed by atoms with van der Waals surface area (Å²) in [7, 11) is 1.88. The number of hydrogen-bond donors (Lipinski definition) is 1. The topological polar surface area (TPSA) is 12.0 Å². The van der Waals surface area contributed by atoms with E-state index in [4.69, 9.17) is 0 Å². The lowest BCUT2D eigenvalue weighted by Crippen LogP contribution is -1.89. The Hall–Kier alpha value is -0.980. The fraction of sp³-hybridized carbons (Fsp3) is 0.333. The van der Waals surface area contributed by atoms with E-state index in [1.807, 2.05) is 32.3 Å². The highest BCUT2D eigenvalue weighted by atomic mass is 14.8. The third-order valence-electron chi connectivity index (χ3n) is 1.05. The molecule has 0 aliphatic heterocycles. The van der Waals surface area contributed by atoms with Crippen molar-refractivity contribution in [2.75, 3.05) is 7.05 Å². The lowest BCUT2D eigenvalue weighted by atomic mass is 10.2. The molecule has 1 nitrogen and oxygen atoms in total. The maximum atomic E-state index is 2.92. The van der Waals surface area contributed by atoms with Gasteiger partial charge in [-0.3, -0.25) is 0 Å². The normalized spacial score (nSPS) is 13.3. The summed E-state index contributed by atoms with van der Waals surface area (Å²) in [5.41, 5.74) is 1.26. The second kappa shape index (κ2) is 6.14. The van der Waals surface area contributed by atoms with E-state index < -0.39 is 0 Å². The SMILES string of the molecule is C\C=C/C(C)=C\C=C/NC. The third-order valence-corrected chi connectivity index (χ3v) is 1.05. The molecule has 0 fully saturated rings. The van der Waals surface area contributed by atoms with E-state index >= 15 is 0 Å². The molecule has 10 heavy (non-hydrogen) atoms. The lowest BCUT2D eigenvalue weighted by Gasteiger charge is -1.86. The van der Waals surface area contributed by atoms with Crippen LogP contribution in [0.15, 0.2) is 36.1 Å². The summed E-state index contributed by atoms with van der Waals surface area (Å²) in [5, 5.41) is 2.92. The minimum Gasteiger partial charge on any atom is -0.394 e. The molecule has 0 aromatic heterocycles. The van der Waals surface area contributed by atoms with Crippen LogP contribution < -0.4 is 5.32 Å². The van der Waals surface area contributed by atoms with Gasteiger partial charge in [0, 0.05) is 7.05 Å². The molecule has 1 heteroatoms. The van der Waals surface area contributed by atoms with E-state index in [1.165, 1.54) is 5.57 Å². The molecular weight excluding hydrogens is 122 g/mol. The Morgan fingerprint density at radius 2 is 2.10 bits per heavy atom. The smallest absolute Gasteiger partial charge is 0.00277 e. The molecule has 56 valence electrons. The first-order valence-electron chi connectivity index (χ1n) is 3.44. The van der Waals surface area contributed by atoms with Crippen molar-refractivity contribution in [1.29, 1.82) is 0 Å². The Bertz CT molecular complexity index is 152. The van der Waals surface area contributed by atoms with Crippen molar-refractivity contribution in [3.05, 3.63) is 36.1 Å². The largest absolute Gasteiger partial charge is 0.394 e. The van der Waals surface area contributed by atoms with Gasteiger partial charge in [-0.1, -0.05) is 23.8 Å². The van der Waals surface area contributed by atoms with Crippen LogP contribution in [0.25, 0.3) is 0 Å². The van der Waals surface area contributed by atoms with E-state index in [9.17, 15) is 0 Å². The monoisotopic (exact) mass is 137 g/mol. The van der Waals surface area contributed by atoms with Crippen molar-refractivity contribution < 1.29 is 0 Å². The summed E-state index contributed by atoms with van der Waals surface area (Å²) in [6.45, 7) is 4.08. The van der Waals surface area contributed by atoms with Crippen molar-refractivity contribution in [2.24, 2.45) is 0 Å². The van der Waals surface area contributed by atoms with Gasteiger partial charge in [-0.15, -0.1) is 0 Å². The van der Waals surface area contributed by atoms with E-state index in [0.717, 1.165) is 0 Å². The molecule has 0 rings (SSSR count). The molecule has 0 atom stereocenters. The Morgan fingerprint density at radius 3 is 2.60 bits per heavy atom. The third kappa shape index (κ3) is 5.16. The van der Waals surface area contributed by atoms with Crippen LogP contribution in [-0.4, -0.2) is 7.05 Å². The van der Waals surface area contributed by atoms with Gasteiger partial charge in [0.25, 0.3) is 0 Å². The van der Waals surface area contributed by atoms with Crippen LogP contribution in [0.2, 0.25) is 0 Å². The predicted octanol–water partition coefficient (Wildman–Crippen LogP) is 2.24. The molecule has 0 bridgehead atoms. The Morgan fingerprint density at radius 1 is 1.40 bits per heavy atom. The van der Waals surface area contributed by atoms with E-state index in [-0.39, 0.29) is 0 Å². The summed E-state index contributed by atoms with van der Waals surface area (Å²) < 4.78 is 0. The highest BCUT2D eigenvalue weighted by molar-refractivity contribution is 5.20.